The molecule has 2 saturated heterocycles. The van der Waals surface area contributed by atoms with Gasteiger partial charge in [-0.05, 0) is 39.0 Å². The van der Waals surface area contributed by atoms with E-state index in [2.05, 4.69) is 12.4 Å². The topological polar surface area (TPSA) is 50.8 Å². The number of ether oxygens (including phenoxy) is 1. The van der Waals surface area contributed by atoms with Crippen molar-refractivity contribution in [2.45, 2.75) is 57.8 Å². The molecule has 0 aromatic rings. The molecule has 17 heavy (non-hydrogen) atoms. The van der Waals surface area contributed by atoms with Gasteiger partial charge in [0.05, 0.1) is 0 Å². The first-order valence-electron chi connectivity index (χ1n) is 6.61. The van der Waals surface area contributed by atoms with E-state index in [1.165, 1.54) is 6.42 Å². The summed E-state index contributed by atoms with van der Waals surface area (Å²) in [6.45, 7) is 3.62. The Hall–Kier alpha value is -0.810. The van der Waals surface area contributed by atoms with E-state index in [0.717, 1.165) is 45.3 Å². The Kier molecular flexibility index (Phi) is 4.62. The Morgan fingerprint density at radius 2 is 2.12 bits per heavy atom. The maximum Gasteiger partial charge on any atom is 0.341 e. The lowest BCUT2D eigenvalue weighted by Gasteiger charge is -2.33. The summed E-state index contributed by atoms with van der Waals surface area (Å²) in [4.78, 5) is 19.0. The Morgan fingerprint density at radius 3 is 2.82 bits per heavy atom. The van der Waals surface area contributed by atoms with Gasteiger partial charge in [-0.2, -0.15) is 0 Å². The standard InChI is InChI=1S/C12H22N2O3/c1-10-6-2-4-8-14(10)12(15)13-17-11-7-3-5-9-16-11/h10-11H,2-9H2,1H3,(H,13,15)/t10-,11-/m1/s1. The van der Waals surface area contributed by atoms with Gasteiger partial charge in [0, 0.05) is 25.6 Å². The summed E-state index contributed by atoms with van der Waals surface area (Å²) < 4.78 is 5.39. The molecule has 98 valence electrons. The maximum atomic E-state index is 11.9. The highest BCUT2D eigenvalue weighted by atomic mass is 16.8. The molecular formula is C12H22N2O3. The SMILES string of the molecule is C[C@@H]1CCCCN1C(=O)NO[C@@H]1CCCCO1. The van der Waals surface area contributed by atoms with Gasteiger partial charge < -0.3 is 9.64 Å². The van der Waals surface area contributed by atoms with Crippen molar-refractivity contribution in [1.29, 1.82) is 0 Å². The predicted molar refractivity (Wildman–Crippen MR) is 63.2 cm³/mol. The highest BCUT2D eigenvalue weighted by molar-refractivity contribution is 5.73. The number of amides is 2. The summed E-state index contributed by atoms with van der Waals surface area (Å²) in [6, 6.07) is 0.172. The quantitative estimate of drug-likeness (QED) is 0.754. The first kappa shape index (κ1) is 12.6. The van der Waals surface area contributed by atoms with Gasteiger partial charge in [0.1, 0.15) is 0 Å². The molecule has 1 N–H and O–H groups in total. The molecule has 5 nitrogen and oxygen atoms in total. The van der Waals surface area contributed by atoms with E-state index in [-0.39, 0.29) is 12.3 Å². The van der Waals surface area contributed by atoms with Crippen LogP contribution in [0.4, 0.5) is 4.79 Å². The molecule has 0 bridgehead atoms. The highest BCUT2D eigenvalue weighted by Gasteiger charge is 2.24. The van der Waals surface area contributed by atoms with Gasteiger partial charge in [-0.25, -0.2) is 15.1 Å². The van der Waals surface area contributed by atoms with Crippen molar-refractivity contribution in [2.24, 2.45) is 0 Å². The van der Waals surface area contributed by atoms with Gasteiger partial charge in [-0.1, -0.05) is 0 Å². The number of hydroxylamine groups is 1. The van der Waals surface area contributed by atoms with Crippen LogP contribution < -0.4 is 5.48 Å². The average Bonchev–Trinajstić information content (AvgIpc) is 2.38. The lowest BCUT2D eigenvalue weighted by atomic mass is 10.0. The third kappa shape index (κ3) is 3.57. The molecule has 0 radical (unpaired) electrons. The molecule has 2 aliphatic heterocycles. The average molecular weight is 242 g/mol. The third-order valence-corrected chi connectivity index (χ3v) is 3.48. The molecule has 2 amide bonds. The van der Waals surface area contributed by atoms with Crippen LogP contribution in [0.2, 0.25) is 0 Å². The van der Waals surface area contributed by atoms with Crippen LogP contribution in [0, 0.1) is 0 Å². The van der Waals surface area contributed by atoms with E-state index < -0.39 is 0 Å². The Morgan fingerprint density at radius 1 is 1.29 bits per heavy atom. The van der Waals surface area contributed by atoms with Crippen LogP contribution in [0.15, 0.2) is 0 Å². The van der Waals surface area contributed by atoms with Gasteiger partial charge in [0.25, 0.3) is 0 Å². The van der Waals surface area contributed by atoms with Crippen LogP contribution in [-0.2, 0) is 9.57 Å². The summed E-state index contributed by atoms with van der Waals surface area (Å²) in [5.74, 6) is 0. The Labute approximate surface area is 102 Å². The van der Waals surface area contributed by atoms with Gasteiger partial charge in [-0.3, -0.25) is 0 Å². The molecule has 2 rings (SSSR count). The first-order valence-corrected chi connectivity index (χ1v) is 6.61. The van der Waals surface area contributed by atoms with Gasteiger partial charge >= 0.3 is 6.03 Å². The van der Waals surface area contributed by atoms with E-state index in [0.29, 0.717) is 6.04 Å². The number of urea groups is 1. The maximum absolute atomic E-state index is 11.9. The Balaban J connectivity index is 1.72. The summed E-state index contributed by atoms with van der Waals surface area (Å²) >= 11 is 0. The number of hydrogen-bond acceptors (Lipinski definition) is 3. The van der Waals surface area contributed by atoms with Crippen LogP contribution in [0.1, 0.15) is 45.4 Å². The van der Waals surface area contributed by atoms with Gasteiger partial charge in [0.2, 0.25) is 0 Å². The second-order valence-electron chi connectivity index (χ2n) is 4.86. The zero-order chi connectivity index (χ0) is 12.1. The largest absolute Gasteiger partial charge is 0.350 e. The van der Waals surface area contributed by atoms with Crippen LogP contribution in [0.25, 0.3) is 0 Å². The zero-order valence-corrected chi connectivity index (χ0v) is 10.5. The number of likely N-dealkylation sites (tertiary alicyclic amines) is 1. The summed E-state index contributed by atoms with van der Waals surface area (Å²) in [6.07, 6.45) is 6.13. The van der Waals surface area contributed by atoms with E-state index >= 15 is 0 Å². The lowest BCUT2D eigenvalue weighted by Crippen LogP contribution is -2.48. The van der Waals surface area contributed by atoms with Gasteiger partial charge in [0.15, 0.2) is 6.29 Å². The Bertz CT molecular complexity index is 254. The van der Waals surface area contributed by atoms with E-state index in [1.54, 1.807) is 0 Å². The second-order valence-corrected chi connectivity index (χ2v) is 4.86. The number of carbonyl (C=O) groups is 1. The molecule has 0 saturated carbocycles. The summed E-state index contributed by atoms with van der Waals surface area (Å²) in [5.41, 5.74) is 2.51. The van der Waals surface area contributed by atoms with Gasteiger partial charge in [-0.15, -0.1) is 0 Å². The van der Waals surface area contributed by atoms with Crippen molar-refractivity contribution in [3.8, 4) is 0 Å². The monoisotopic (exact) mass is 242 g/mol. The molecule has 0 aromatic carbocycles. The molecule has 2 aliphatic rings. The first-order chi connectivity index (χ1) is 8.27. The second kappa shape index (κ2) is 6.21. The molecule has 0 aliphatic carbocycles. The van der Waals surface area contributed by atoms with Crippen molar-refractivity contribution in [3.63, 3.8) is 0 Å². The fourth-order valence-electron chi connectivity index (χ4n) is 2.38. The number of nitrogens with one attached hydrogen (secondary N) is 1. The minimum absolute atomic E-state index is 0.133. The highest BCUT2D eigenvalue weighted by Crippen LogP contribution is 2.17. The van der Waals surface area contributed by atoms with E-state index in [4.69, 9.17) is 9.57 Å². The fraction of sp³-hybridized carbons (Fsp3) is 0.917. The zero-order valence-electron chi connectivity index (χ0n) is 10.5. The van der Waals surface area contributed by atoms with Crippen molar-refractivity contribution >= 4 is 6.03 Å². The van der Waals surface area contributed by atoms with E-state index in [1.807, 2.05) is 4.90 Å². The molecular weight excluding hydrogens is 220 g/mol. The number of nitrogens with zero attached hydrogens (tertiary/aromatic N) is 1. The van der Waals surface area contributed by atoms with Crippen molar-refractivity contribution in [3.05, 3.63) is 0 Å². The predicted octanol–water partition coefficient (Wildman–Crippen LogP) is 2.03. The van der Waals surface area contributed by atoms with Crippen LogP contribution in [0.5, 0.6) is 0 Å². The lowest BCUT2D eigenvalue weighted by molar-refractivity contribution is -0.188. The molecule has 5 heteroatoms. The van der Waals surface area contributed by atoms with Crippen molar-refractivity contribution in [2.75, 3.05) is 13.2 Å². The molecule has 0 aromatic heterocycles. The molecule has 0 unspecified atom stereocenters. The number of hydrogen-bond donors (Lipinski definition) is 1. The van der Waals surface area contributed by atoms with Crippen LogP contribution >= 0.6 is 0 Å². The number of piperidine rings is 1. The van der Waals surface area contributed by atoms with Crippen molar-refractivity contribution < 1.29 is 14.4 Å². The van der Waals surface area contributed by atoms with E-state index in [9.17, 15) is 4.79 Å². The third-order valence-electron chi connectivity index (χ3n) is 3.48. The normalized spacial score (nSPS) is 30.1. The minimum atomic E-state index is -0.271. The molecule has 0 spiro atoms. The number of rotatable bonds is 2. The van der Waals surface area contributed by atoms with Crippen LogP contribution in [0.3, 0.4) is 0 Å². The summed E-state index contributed by atoms with van der Waals surface area (Å²) in [7, 11) is 0. The molecule has 2 fully saturated rings. The number of carbonyl (C=O) groups excluding carboxylic acids is 1. The molecule has 2 atom stereocenters. The van der Waals surface area contributed by atoms with Crippen molar-refractivity contribution in [1.82, 2.24) is 10.4 Å². The smallest absolute Gasteiger partial charge is 0.341 e. The fourth-order valence-corrected chi connectivity index (χ4v) is 2.38. The molecule has 2 heterocycles. The minimum Gasteiger partial charge on any atom is -0.350 e. The van der Waals surface area contributed by atoms with Crippen LogP contribution in [-0.4, -0.2) is 36.4 Å². The summed E-state index contributed by atoms with van der Waals surface area (Å²) in [5, 5.41) is 0.